The summed E-state index contributed by atoms with van der Waals surface area (Å²) < 4.78 is 0. The van der Waals surface area contributed by atoms with Crippen LogP contribution in [0.2, 0.25) is 0 Å². The summed E-state index contributed by atoms with van der Waals surface area (Å²) in [5, 5.41) is 0. The topological polar surface area (TPSA) is 17.1 Å². The Morgan fingerprint density at radius 3 is 2.57 bits per heavy atom. The molecule has 1 radical (unpaired) electrons. The highest BCUT2D eigenvalue weighted by Gasteiger charge is 1.93. The molecule has 7 heavy (non-hydrogen) atoms. The van der Waals surface area contributed by atoms with Crippen molar-refractivity contribution < 1.29 is 4.79 Å². The molecule has 0 amide bonds. The van der Waals surface area contributed by atoms with Gasteiger partial charge in [0.25, 0.3) is 0 Å². The third kappa shape index (κ3) is 3.50. The second-order valence-corrected chi connectivity index (χ2v) is 1.68. The van der Waals surface area contributed by atoms with Crippen molar-refractivity contribution in [2.75, 3.05) is 0 Å². The van der Waals surface area contributed by atoms with Crippen LogP contribution in [0.4, 0.5) is 0 Å². The standard InChI is InChI=1S/C6H11O/c1-3-4-6(2)5-7/h5-6H,2-4H2,1H3. The van der Waals surface area contributed by atoms with Gasteiger partial charge >= 0.3 is 0 Å². The normalized spacial score (nSPS) is 13.4. The number of hydrogen-bond acceptors (Lipinski definition) is 1. The maximum Gasteiger partial charge on any atom is 0.123 e. The summed E-state index contributed by atoms with van der Waals surface area (Å²) in [6.07, 6.45) is 2.86. The Hall–Kier alpha value is -0.330. The quantitative estimate of drug-likeness (QED) is 0.489. The minimum Gasteiger partial charge on any atom is -0.303 e. The van der Waals surface area contributed by atoms with Gasteiger partial charge in [-0.1, -0.05) is 13.3 Å². The third-order valence-corrected chi connectivity index (χ3v) is 0.852. The summed E-state index contributed by atoms with van der Waals surface area (Å²) in [6, 6.07) is 0. The highest BCUT2D eigenvalue weighted by Crippen LogP contribution is 1.98. The first kappa shape index (κ1) is 6.67. The lowest BCUT2D eigenvalue weighted by Crippen LogP contribution is -1.92. The number of carbonyl (C=O) groups excluding carboxylic acids is 1. The maximum atomic E-state index is 9.83. The van der Waals surface area contributed by atoms with E-state index in [9.17, 15) is 4.79 Å². The molecule has 0 fully saturated rings. The van der Waals surface area contributed by atoms with Gasteiger partial charge in [0, 0.05) is 5.92 Å². The summed E-state index contributed by atoms with van der Waals surface area (Å²) >= 11 is 0. The minimum absolute atomic E-state index is 0.0185. The molecule has 0 aliphatic heterocycles. The van der Waals surface area contributed by atoms with Crippen molar-refractivity contribution in [1.29, 1.82) is 0 Å². The highest BCUT2D eigenvalue weighted by molar-refractivity contribution is 5.54. The van der Waals surface area contributed by atoms with E-state index in [4.69, 9.17) is 0 Å². The van der Waals surface area contributed by atoms with E-state index in [2.05, 4.69) is 6.92 Å². The largest absolute Gasteiger partial charge is 0.303 e. The zero-order valence-corrected chi connectivity index (χ0v) is 4.68. The summed E-state index contributed by atoms with van der Waals surface area (Å²) in [7, 11) is 0. The van der Waals surface area contributed by atoms with Crippen LogP contribution in [0.15, 0.2) is 0 Å². The van der Waals surface area contributed by atoms with Gasteiger partial charge in [0.1, 0.15) is 6.29 Å². The number of rotatable bonds is 3. The van der Waals surface area contributed by atoms with Crippen molar-refractivity contribution >= 4 is 6.29 Å². The average Bonchev–Trinajstić information content (AvgIpc) is 1.68. The highest BCUT2D eigenvalue weighted by atomic mass is 16.1. The van der Waals surface area contributed by atoms with Crippen molar-refractivity contribution in [2.45, 2.75) is 19.8 Å². The van der Waals surface area contributed by atoms with Crippen molar-refractivity contribution in [3.05, 3.63) is 6.92 Å². The monoisotopic (exact) mass is 99.1 g/mol. The Kier molecular flexibility index (Phi) is 3.67. The van der Waals surface area contributed by atoms with E-state index in [1.807, 2.05) is 6.92 Å². The fourth-order valence-corrected chi connectivity index (χ4v) is 0.439. The summed E-state index contributed by atoms with van der Waals surface area (Å²) in [6.45, 7) is 5.62. The molecule has 1 heteroatoms. The van der Waals surface area contributed by atoms with Crippen LogP contribution in [0.25, 0.3) is 0 Å². The van der Waals surface area contributed by atoms with Gasteiger partial charge in [-0.25, -0.2) is 0 Å². The molecule has 0 rings (SSSR count). The first-order chi connectivity index (χ1) is 3.31. The Morgan fingerprint density at radius 1 is 1.86 bits per heavy atom. The molecule has 1 unspecified atom stereocenters. The lowest BCUT2D eigenvalue weighted by Gasteiger charge is -1.94. The van der Waals surface area contributed by atoms with Crippen LogP contribution in [-0.4, -0.2) is 6.29 Å². The summed E-state index contributed by atoms with van der Waals surface area (Å²) in [5.74, 6) is 0.0185. The second kappa shape index (κ2) is 3.85. The van der Waals surface area contributed by atoms with Gasteiger partial charge < -0.3 is 4.79 Å². The predicted molar refractivity (Wildman–Crippen MR) is 29.8 cm³/mol. The zero-order valence-electron chi connectivity index (χ0n) is 4.68. The van der Waals surface area contributed by atoms with Crippen molar-refractivity contribution in [1.82, 2.24) is 0 Å². The predicted octanol–water partition coefficient (Wildman–Crippen LogP) is 1.44. The summed E-state index contributed by atoms with van der Waals surface area (Å²) in [5.41, 5.74) is 0. The van der Waals surface area contributed by atoms with Gasteiger partial charge in [-0.15, -0.1) is 0 Å². The Bertz CT molecular complexity index is 50.1. The van der Waals surface area contributed by atoms with Crippen LogP contribution in [0.1, 0.15) is 19.8 Å². The van der Waals surface area contributed by atoms with E-state index in [1.165, 1.54) is 0 Å². The molecule has 41 valence electrons. The van der Waals surface area contributed by atoms with Crippen molar-refractivity contribution in [2.24, 2.45) is 5.92 Å². The van der Waals surface area contributed by atoms with Gasteiger partial charge in [0.2, 0.25) is 0 Å². The van der Waals surface area contributed by atoms with Gasteiger partial charge in [-0.05, 0) is 13.3 Å². The third-order valence-electron chi connectivity index (χ3n) is 0.852. The second-order valence-electron chi connectivity index (χ2n) is 1.68. The molecule has 0 aromatic heterocycles. The molecule has 0 N–H and O–H groups in total. The van der Waals surface area contributed by atoms with E-state index in [-0.39, 0.29) is 5.92 Å². The molecule has 0 saturated heterocycles. The van der Waals surface area contributed by atoms with Crippen LogP contribution in [0.3, 0.4) is 0 Å². The molecular formula is C6H11O. The van der Waals surface area contributed by atoms with Crippen LogP contribution in [0, 0.1) is 12.8 Å². The van der Waals surface area contributed by atoms with Gasteiger partial charge in [-0.3, -0.25) is 0 Å². The minimum atomic E-state index is 0.0185. The Labute approximate surface area is 44.7 Å². The SMILES string of the molecule is [CH2]C(C=O)CCC. The molecule has 0 spiro atoms. The smallest absolute Gasteiger partial charge is 0.123 e. The lowest BCUT2D eigenvalue weighted by atomic mass is 10.1. The Balaban J connectivity index is 2.98. The van der Waals surface area contributed by atoms with E-state index < -0.39 is 0 Å². The van der Waals surface area contributed by atoms with E-state index in [0.717, 1.165) is 19.1 Å². The van der Waals surface area contributed by atoms with Crippen LogP contribution < -0.4 is 0 Å². The molecule has 0 aromatic carbocycles. The number of aldehydes is 1. The molecule has 0 saturated carbocycles. The molecule has 1 atom stereocenters. The van der Waals surface area contributed by atoms with Gasteiger partial charge in [0.05, 0.1) is 0 Å². The molecule has 0 aliphatic rings. The fourth-order valence-electron chi connectivity index (χ4n) is 0.439. The number of hydrogen-bond donors (Lipinski definition) is 0. The van der Waals surface area contributed by atoms with Crippen molar-refractivity contribution in [3.8, 4) is 0 Å². The average molecular weight is 99.2 g/mol. The Morgan fingerprint density at radius 2 is 2.43 bits per heavy atom. The first-order valence-corrected chi connectivity index (χ1v) is 2.59. The van der Waals surface area contributed by atoms with E-state index in [0.29, 0.717) is 0 Å². The van der Waals surface area contributed by atoms with E-state index >= 15 is 0 Å². The lowest BCUT2D eigenvalue weighted by molar-refractivity contribution is -0.110. The zero-order chi connectivity index (χ0) is 5.70. The molecule has 0 heterocycles. The molecule has 0 aliphatic carbocycles. The van der Waals surface area contributed by atoms with Gasteiger partial charge in [0.15, 0.2) is 0 Å². The van der Waals surface area contributed by atoms with Crippen LogP contribution in [-0.2, 0) is 4.79 Å². The van der Waals surface area contributed by atoms with Crippen LogP contribution >= 0.6 is 0 Å². The fraction of sp³-hybridized carbons (Fsp3) is 0.667. The first-order valence-electron chi connectivity index (χ1n) is 2.59. The molecule has 1 nitrogen and oxygen atoms in total. The molecular weight excluding hydrogens is 88.1 g/mol. The maximum absolute atomic E-state index is 9.83. The number of carbonyl (C=O) groups is 1. The summed E-state index contributed by atoms with van der Waals surface area (Å²) in [4.78, 5) is 9.83. The molecule has 0 aromatic rings. The van der Waals surface area contributed by atoms with Crippen LogP contribution in [0.5, 0.6) is 0 Å². The molecule has 0 bridgehead atoms. The van der Waals surface area contributed by atoms with Crippen molar-refractivity contribution in [3.63, 3.8) is 0 Å². The van der Waals surface area contributed by atoms with Gasteiger partial charge in [-0.2, -0.15) is 0 Å². The van der Waals surface area contributed by atoms with E-state index in [1.54, 1.807) is 0 Å².